The van der Waals surface area contributed by atoms with Crippen molar-refractivity contribution in [3.8, 4) is 0 Å². The first-order valence-electron chi connectivity index (χ1n) is 3.25. The van der Waals surface area contributed by atoms with Gasteiger partial charge in [-0.1, -0.05) is 6.92 Å². The van der Waals surface area contributed by atoms with E-state index in [9.17, 15) is 8.42 Å². The summed E-state index contributed by atoms with van der Waals surface area (Å²) in [5.74, 6) is 0.769. The highest BCUT2D eigenvalue weighted by atomic mass is 32.2. The Bertz CT molecular complexity index is 193. The van der Waals surface area contributed by atoms with Crippen molar-refractivity contribution in [2.75, 3.05) is 5.75 Å². The molecule has 0 radical (unpaired) electrons. The van der Waals surface area contributed by atoms with Crippen LogP contribution in [-0.4, -0.2) is 19.4 Å². The van der Waals surface area contributed by atoms with E-state index in [0.29, 0.717) is 11.7 Å². The lowest BCUT2D eigenvalue weighted by Crippen LogP contribution is -2.15. The maximum atomic E-state index is 11.0. The first kappa shape index (κ1) is 7.06. The molecule has 1 aliphatic heterocycles. The second-order valence-corrected chi connectivity index (χ2v) is 5.32. The molecule has 2 atom stereocenters. The average Bonchev–Trinajstić information content (AvgIpc) is 1.97. The van der Waals surface area contributed by atoms with Crippen molar-refractivity contribution in [3.05, 3.63) is 0 Å². The molecular weight excluding hydrogens is 136 g/mol. The quantitative estimate of drug-likeness (QED) is 0.510. The van der Waals surface area contributed by atoms with Crippen LogP contribution >= 0.6 is 0 Å². The van der Waals surface area contributed by atoms with Crippen LogP contribution < -0.4 is 0 Å². The molecule has 0 saturated carbocycles. The van der Waals surface area contributed by atoms with Gasteiger partial charge in [-0.25, -0.2) is 8.42 Å². The Morgan fingerprint density at radius 2 is 1.89 bits per heavy atom. The molecule has 2 nitrogen and oxygen atoms in total. The van der Waals surface area contributed by atoms with Gasteiger partial charge in [-0.2, -0.15) is 0 Å². The third-order valence-electron chi connectivity index (χ3n) is 2.23. The van der Waals surface area contributed by atoms with E-state index in [1.165, 1.54) is 0 Å². The van der Waals surface area contributed by atoms with Gasteiger partial charge in [0.2, 0.25) is 0 Å². The van der Waals surface area contributed by atoms with Crippen LogP contribution in [0.3, 0.4) is 0 Å². The van der Waals surface area contributed by atoms with Gasteiger partial charge in [-0.3, -0.25) is 0 Å². The first-order valence-corrected chi connectivity index (χ1v) is 4.97. The number of sulfone groups is 1. The minimum absolute atomic E-state index is 0.0995. The number of hydrogen-bond acceptors (Lipinski definition) is 2. The standard InChI is InChI=1S/C6H12O2S/c1-5-3-4-9(7,8)6(5)2/h5-6H,3-4H2,1-2H3/t5-,6+/m0/s1. The molecule has 1 heterocycles. The van der Waals surface area contributed by atoms with E-state index >= 15 is 0 Å². The summed E-state index contributed by atoms with van der Waals surface area (Å²) in [5.41, 5.74) is 0. The lowest BCUT2D eigenvalue weighted by molar-refractivity contribution is 0.560. The maximum absolute atomic E-state index is 11.0. The van der Waals surface area contributed by atoms with Crippen LogP contribution in [0.25, 0.3) is 0 Å². The second-order valence-electron chi connectivity index (χ2n) is 2.84. The molecule has 1 fully saturated rings. The predicted octanol–water partition coefficient (Wildman–Crippen LogP) is 0.830. The van der Waals surface area contributed by atoms with Crippen LogP contribution in [0.5, 0.6) is 0 Å². The fourth-order valence-corrected chi connectivity index (χ4v) is 3.04. The zero-order chi connectivity index (χ0) is 7.07. The van der Waals surface area contributed by atoms with Gasteiger partial charge in [0.15, 0.2) is 9.84 Å². The third-order valence-corrected chi connectivity index (χ3v) is 4.63. The molecule has 0 unspecified atom stereocenters. The maximum Gasteiger partial charge on any atom is 0.153 e. The van der Waals surface area contributed by atoms with Gasteiger partial charge in [0, 0.05) is 0 Å². The highest BCUT2D eigenvalue weighted by Crippen LogP contribution is 2.25. The SMILES string of the molecule is C[C@@H]1[C@@H](C)CCS1(=O)=O. The van der Waals surface area contributed by atoms with Crippen LogP contribution in [0.4, 0.5) is 0 Å². The predicted molar refractivity (Wildman–Crippen MR) is 37.0 cm³/mol. The Morgan fingerprint density at radius 1 is 1.33 bits per heavy atom. The van der Waals surface area contributed by atoms with Crippen LogP contribution in [0.2, 0.25) is 0 Å². The number of rotatable bonds is 0. The molecule has 0 aromatic rings. The van der Waals surface area contributed by atoms with E-state index in [1.54, 1.807) is 6.92 Å². The topological polar surface area (TPSA) is 34.1 Å². The molecule has 0 amide bonds. The Kier molecular flexibility index (Phi) is 1.55. The summed E-state index contributed by atoms with van der Waals surface area (Å²) in [5, 5.41) is -0.0995. The molecule has 0 N–H and O–H groups in total. The smallest absolute Gasteiger partial charge is 0.153 e. The molecule has 1 saturated heterocycles. The Hall–Kier alpha value is -0.0500. The van der Waals surface area contributed by atoms with Crippen molar-refractivity contribution >= 4 is 9.84 Å². The van der Waals surface area contributed by atoms with Crippen LogP contribution in [0.1, 0.15) is 20.3 Å². The summed E-state index contributed by atoms with van der Waals surface area (Å²) in [6.45, 7) is 3.79. The summed E-state index contributed by atoms with van der Waals surface area (Å²) in [6, 6.07) is 0. The molecule has 0 aromatic heterocycles. The minimum atomic E-state index is -2.67. The Morgan fingerprint density at radius 3 is 2.00 bits per heavy atom. The summed E-state index contributed by atoms with van der Waals surface area (Å²) in [6.07, 6.45) is 0.851. The zero-order valence-electron chi connectivity index (χ0n) is 5.79. The molecule has 0 aromatic carbocycles. The van der Waals surface area contributed by atoms with Crippen LogP contribution in [0.15, 0.2) is 0 Å². The number of hydrogen-bond donors (Lipinski definition) is 0. The highest BCUT2D eigenvalue weighted by Gasteiger charge is 2.33. The van der Waals surface area contributed by atoms with Crippen molar-refractivity contribution in [2.45, 2.75) is 25.5 Å². The normalized spacial score (nSPS) is 41.1. The van der Waals surface area contributed by atoms with E-state index < -0.39 is 9.84 Å². The van der Waals surface area contributed by atoms with Gasteiger partial charge in [-0.05, 0) is 19.3 Å². The molecule has 0 spiro atoms. The lowest BCUT2D eigenvalue weighted by Gasteiger charge is -2.05. The van der Waals surface area contributed by atoms with Crippen molar-refractivity contribution in [3.63, 3.8) is 0 Å². The third kappa shape index (κ3) is 1.11. The molecule has 9 heavy (non-hydrogen) atoms. The fraction of sp³-hybridized carbons (Fsp3) is 1.00. The zero-order valence-corrected chi connectivity index (χ0v) is 6.61. The molecule has 54 valence electrons. The molecule has 0 bridgehead atoms. The van der Waals surface area contributed by atoms with Gasteiger partial charge in [0.05, 0.1) is 11.0 Å². The Labute approximate surface area is 56.2 Å². The second kappa shape index (κ2) is 1.97. The monoisotopic (exact) mass is 148 g/mol. The van der Waals surface area contributed by atoms with E-state index in [0.717, 1.165) is 6.42 Å². The first-order chi connectivity index (χ1) is 4.04. The van der Waals surface area contributed by atoms with Gasteiger partial charge >= 0.3 is 0 Å². The van der Waals surface area contributed by atoms with Crippen LogP contribution in [0, 0.1) is 5.92 Å². The van der Waals surface area contributed by atoms with E-state index in [4.69, 9.17) is 0 Å². The van der Waals surface area contributed by atoms with Gasteiger partial charge in [0.25, 0.3) is 0 Å². The summed E-state index contributed by atoms with van der Waals surface area (Å²) in [7, 11) is -2.67. The average molecular weight is 148 g/mol. The van der Waals surface area contributed by atoms with E-state index in [1.807, 2.05) is 6.92 Å². The Balaban J connectivity index is 2.87. The van der Waals surface area contributed by atoms with Gasteiger partial charge in [-0.15, -0.1) is 0 Å². The van der Waals surface area contributed by atoms with Gasteiger partial charge in [0.1, 0.15) is 0 Å². The fourth-order valence-electron chi connectivity index (χ4n) is 1.12. The van der Waals surface area contributed by atoms with Crippen molar-refractivity contribution in [1.29, 1.82) is 0 Å². The van der Waals surface area contributed by atoms with Crippen molar-refractivity contribution < 1.29 is 8.42 Å². The summed E-state index contributed by atoms with van der Waals surface area (Å²) < 4.78 is 21.9. The highest BCUT2D eigenvalue weighted by molar-refractivity contribution is 7.92. The molecular formula is C6H12O2S. The molecule has 1 rings (SSSR count). The molecule has 0 aliphatic carbocycles. The summed E-state index contributed by atoms with van der Waals surface area (Å²) >= 11 is 0. The van der Waals surface area contributed by atoms with E-state index in [2.05, 4.69) is 0 Å². The van der Waals surface area contributed by atoms with E-state index in [-0.39, 0.29) is 5.25 Å². The van der Waals surface area contributed by atoms with Gasteiger partial charge < -0.3 is 0 Å². The molecule has 1 aliphatic rings. The minimum Gasteiger partial charge on any atom is -0.229 e. The largest absolute Gasteiger partial charge is 0.229 e. The van der Waals surface area contributed by atoms with Crippen LogP contribution in [-0.2, 0) is 9.84 Å². The molecule has 3 heteroatoms. The summed E-state index contributed by atoms with van der Waals surface area (Å²) in [4.78, 5) is 0. The van der Waals surface area contributed by atoms with Crippen molar-refractivity contribution in [1.82, 2.24) is 0 Å². The van der Waals surface area contributed by atoms with Crippen molar-refractivity contribution in [2.24, 2.45) is 5.92 Å². The lowest BCUT2D eigenvalue weighted by atomic mass is 10.1.